The van der Waals surface area contributed by atoms with Crippen LogP contribution in [0.5, 0.6) is 0 Å². The number of piperidine rings is 1. The Kier molecular flexibility index (Phi) is 6.62. The topological polar surface area (TPSA) is 74.3 Å². The van der Waals surface area contributed by atoms with Crippen molar-refractivity contribution in [3.05, 3.63) is 65.2 Å². The number of benzene rings is 2. The molecule has 1 saturated heterocycles. The number of aryl methyl sites for hydroxylation is 1. The summed E-state index contributed by atoms with van der Waals surface area (Å²) in [6, 6.07) is 15.4. The molecule has 1 fully saturated rings. The van der Waals surface area contributed by atoms with Crippen LogP contribution in [-0.4, -0.2) is 41.5 Å². The lowest BCUT2D eigenvalue weighted by Crippen LogP contribution is -2.43. The molecule has 1 aliphatic heterocycles. The molecule has 7 heteroatoms. The Balaban J connectivity index is 1.26. The first-order valence-electron chi connectivity index (χ1n) is 10.5. The zero-order chi connectivity index (χ0) is 21.6. The van der Waals surface area contributed by atoms with Gasteiger partial charge in [0, 0.05) is 31.4 Å². The summed E-state index contributed by atoms with van der Waals surface area (Å²) >= 11 is 1.58. The van der Waals surface area contributed by atoms with E-state index in [2.05, 4.69) is 15.6 Å². The van der Waals surface area contributed by atoms with Gasteiger partial charge in [0.1, 0.15) is 5.01 Å². The minimum absolute atomic E-state index is 0.00642. The average molecular weight is 435 g/mol. The van der Waals surface area contributed by atoms with Crippen LogP contribution in [0.15, 0.2) is 54.6 Å². The molecule has 3 amide bonds. The van der Waals surface area contributed by atoms with Gasteiger partial charge in [0.25, 0.3) is 0 Å². The van der Waals surface area contributed by atoms with E-state index in [-0.39, 0.29) is 17.9 Å². The van der Waals surface area contributed by atoms with Crippen LogP contribution < -0.4 is 10.6 Å². The standard InChI is InChI=1S/C24H26N4O2S/c1-17-8-10-19(11-9-17)26-24(30)25-15-18-5-4-14-28(16-18)23(29)13-12-22-27-20-6-2-3-7-21(20)31-22/h2-3,6-13,18H,4-5,14-16H2,1H3,(H2,25,26,30)/b13-12+. The van der Waals surface area contributed by atoms with Gasteiger partial charge in [0.05, 0.1) is 10.2 Å². The van der Waals surface area contributed by atoms with E-state index in [1.54, 1.807) is 23.5 Å². The summed E-state index contributed by atoms with van der Waals surface area (Å²) in [6.45, 7) is 3.94. The number of rotatable bonds is 5. The quantitative estimate of drug-likeness (QED) is 0.573. The number of thiazole rings is 1. The molecule has 4 rings (SSSR count). The van der Waals surface area contributed by atoms with Gasteiger partial charge >= 0.3 is 6.03 Å². The number of para-hydroxylation sites is 1. The molecular weight excluding hydrogens is 408 g/mol. The van der Waals surface area contributed by atoms with Crippen molar-refractivity contribution in [2.75, 3.05) is 25.0 Å². The van der Waals surface area contributed by atoms with Crippen molar-refractivity contribution < 1.29 is 9.59 Å². The molecule has 2 heterocycles. The summed E-state index contributed by atoms with van der Waals surface area (Å²) in [7, 11) is 0. The Hall–Kier alpha value is -3.19. The second kappa shape index (κ2) is 9.75. The summed E-state index contributed by atoms with van der Waals surface area (Å²) in [5, 5.41) is 6.61. The predicted molar refractivity (Wildman–Crippen MR) is 126 cm³/mol. The Morgan fingerprint density at radius 1 is 1.19 bits per heavy atom. The molecule has 2 N–H and O–H groups in total. The normalized spacial score (nSPS) is 16.5. The minimum atomic E-state index is -0.219. The molecule has 0 bridgehead atoms. The average Bonchev–Trinajstić information content (AvgIpc) is 3.21. The number of fused-ring (bicyclic) bond motifs is 1. The number of urea groups is 1. The zero-order valence-corrected chi connectivity index (χ0v) is 18.3. The third-order valence-corrected chi connectivity index (χ3v) is 6.37. The fourth-order valence-electron chi connectivity index (χ4n) is 3.69. The van der Waals surface area contributed by atoms with Gasteiger partial charge in [-0.05, 0) is 56.0 Å². The molecule has 1 unspecified atom stereocenters. The van der Waals surface area contributed by atoms with Crippen molar-refractivity contribution in [1.82, 2.24) is 15.2 Å². The van der Waals surface area contributed by atoms with E-state index in [4.69, 9.17) is 0 Å². The van der Waals surface area contributed by atoms with Crippen LogP contribution in [0.4, 0.5) is 10.5 Å². The van der Waals surface area contributed by atoms with Crippen LogP contribution in [0.3, 0.4) is 0 Å². The van der Waals surface area contributed by atoms with Crippen molar-refractivity contribution in [3.8, 4) is 0 Å². The fraction of sp³-hybridized carbons (Fsp3) is 0.292. The second-order valence-corrected chi connectivity index (χ2v) is 8.91. The number of aromatic nitrogens is 1. The molecule has 2 aromatic carbocycles. The predicted octanol–water partition coefficient (Wildman–Crippen LogP) is 4.68. The summed E-state index contributed by atoms with van der Waals surface area (Å²) in [4.78, 5) is 31.2. The van der Waals surface area contributed by atoms with Crippen LogP contribution in [0.25, 0.3) is 16.3 Å². The number of hydrogen-bond acceptors (Lipinski definition) is 4. The number of carbonyl (C=O) groups excluding carboxylic acids is 2. The largest absolute Gasteiger partial charge is 0.339 e. The Morgan fingerprint density at radius 2 is 2.00 bits per heavy atom. The van der Waals surface area contributed by atoms with E-state index in [0.29, 0.717) is 13.1 Å². The maximum absolute atomic E-state index is 12.7. The molecule has 1 aliphatic rings. The van der Waals surface area contributed by atoms with E-state index in [1.807, 2.05) is 60.4 Å². The first kappa shape index (κ1) is 21.1. The fourth-order valence-corrected chi connectivity index (χ4v) is 4.56. The van der Waals surface area contributed by atoms with Crippen LogP contribution in [0.1, 0.15) is 23.4 Å². The monoisotopic (exact) mass is 434 g/mol. The SMILES string of the molecule is Cc1ccc(NC(=O)NCC2CCCN(C(=O)/C=C/c3nc4ccccc4s3)C2)cc1. The Bertz CT molecular complexity index is 1060. The van der Waals surface area contributed by atoms with E-state index in [9.17, 15) is 9.59 Å². The molecule has 3 aromatic rings. The summed E-state index contributed by atoms with van der Waals surface area (Å²) < 4.78 is 1.11. The molecule has 0 spiro atoms. The highest BCUT2D eigenvalue weighted by atomic mass is 32.1. The third kappa shape index (κ3) is 5.70. The molecule has 0 saturated carbocycles. The van der Waals surface area contributed by atoms with Crippen molar-refractivity contribution in [1.29, 1.82) is 0 Å². The van der Waals surface area contributed by atoms with E-state index >= 15 is 0 Å². The van der Waals surface area contributed by atoms with Crippen LogP contribution in [0, 0.1) is 12.8 Å². The Labute approximate surface area is 186 Å². The van der Waals surface area contributed by atoms with Gasteiger partial charge in [-0.25, -0.2) is 9.78 Å². The molecule has 1 aromatic heterocycles. The van der Waals surface area contributed by atoms with Gasteiger partial charge < -0.3 is 15.5 Å². The van der Waals surface area contributed by atoms with Gasteiger partial charge in [0.15, 0.2) is 0 Å². The highest BCUT2D eigenvalue weighted by Gasteiger charge is 2.22. The molecule has 0 aliphatic carbocycles. The summed E-state index contributed by atoms with van der Waals surface area (Å²) in [6.07, 6.45) is 5.34. The molecule has 31 heavy (non-hydrogen) atoms. The van der Waals surface area contributed by atoms with Crippen molar-refractivity contribution in [2.45, 2.75) is 19.8 Å². The smallest absolute Gasteiger partial charge is 0.319 e. The first-order chi connectivity index (χ1) is 15.1. The minimum Gasteiger partial charge on any atom is -0.339 e. The van der Waals surface area contributed by atoms with Crippen LogP contribution >= 0.6 is 11.3 Å². The van der Waals surface area contributed by atoms with Crippen molar-refractivity contribution in [3.63, 3.8) is 0 Å². The summed E-state index contributed by atoms with van der Waals surface area (Å²) in [5.41, 5.74) is 2.87. The number of anilines is 1. The Morgan fingerprint density at radius 3 is 2.81 bits per heavy atom. The van der Waals surface area contributed by atoms with Crippen LogP contribution in [0.2, 0.25) is 0 Å². The van der Waals surface area contributed by atoms with Crippen LogP contribution in [-0.2, 0) is 4.79 Å². The van der Waals surface area contributed by atoms with Gasteiger partial charge in [-0.1, -0.05) is 29.8 Å². The van der Waals surface area contributed by atoms with Gasteiger partial charge in [-0.3, -0.25) is 4.79 Å². The number of nitrogens with one attached hydrogen (secondary N) is 2. The van der Waals surface area contributed by atoms with E-state index in [0.717, 1.165) is 45.9 Å². The highest BCUT2D eigenvalue weighted by Crippen LogP contribution is 2.23. The van der Waals surface area contributed by atoms with Gasteiger partial charge in [0.2, 0.25) is 5.91 Å². The molecule has 160 valence electrons. The first-order valence-corrected chi connectivity index (χ1v) is 11.3. The number of amides is 3. The van der Waals surface area contributed by atoms with E-state index < -0.39 is 0 Å². The molecular formula is C24H26N4O2S. The lowest BCUT2D eigenvalue weighted by molar-refractivity contribution is -0.127. The van der Waals surface area contributed by atoms with E-state index in [1.165, 1.54) is 0 Å². The van der Waals surface area contributed by atoms with Crippen molar-refractivity contribution >= 4 is 45.3 Å². The third-order valence-electron chi connectivity index (χ3n) is 5.37. The van der Waals surface area contributed by atoms with Crippen molar-refractivity contribution in [2.24, 2.45) is 5.92 Å². The number of hydrogen-bond donors (Lipinski definition) is 2. The van der Waals surface area contributed by atoms with Gasteiger partial charge in [-0.2, -0.15) is 0 Å². The maximum Gasteiger partial charge on any atom is 0.319 e. The zero-order valence-electron chi connectivity index (χ0n) is 17.5. The lowest BCUT2D eigenvalue weighted by atomic mass is 9.98. The van der Waals surface area contributed by atoms with Gasteiger partial charge in [-0.15, -0.1) is 11.3 Å². The highest BCUT2D eigenvalue weighted by molar-refractivity contribution is 7.19. The number of nitrogens with zero attached hydrogens (tertiary/aromatic N) is 2. The molecule has 1 atom stereocenters. The lowest BCUT2D eigenvalue weighted by Gasteiger charge is -2.32. The maximum atomic E-state index is 12.7. The molecule has 0 radical (unpaired) electrons. The number of likely N-dealkylation sites (tertiary alicyclic amines) is 1. The molecule has 6 nitrogen and oxygen atoms in total. The second-order valence-electron chi connectivity index (χ2n) is 7.85. The summed E-state index contributed by atoms with van der Waals surface area (Å²) in [5.74, 6) is 0.241. The number of carbonyl (C=O) groups is 2.